The van der Waals surface area contributed by atoms with Gasteiger partial charge in [0.05, 0.1) is 17.5 Å². The number of hydrogen-bond donors (Lipinski definition) is 3. The van der Waals surface area contributed by atoms with E-state index in [-0.39, 0.29) is 5.75 Å². The van der Waals surface area contributed by atoms with E-state index in [2.05, 4.69) is 26.3 Å². The predicted molar refractivity (Wildman–Crippen MR) is 111 cm³/mol. The summed E-state index contributed by atoms with van der Waals surface area (Å²) in [7, 11) is -3.83. The molecule has 1 heterocycles. The van der Waals surface area contributed by atoms with E-state index >= 15 is 0 Å². The van der Waals surface area contributed by atoms with Gasteiger partial charge in [0.15, 0.2) is 0 Å². The normalized spacial score (nSPS) is 15.3. The van der Waals surface area contributed by atoms with Crippen LogP contribution in [-0.4, -0.2) is 24.6 Å². The van der Waals surface area contributed by atoms with Crippen LogP contribution >= 0.6 is 0 Å². The fraction of sp³-hybridized carbons (Fsp3) is 0.333. The average molecular weight is 410 g/mol. The molecule has 29 heavy (non-hydrogen) atoms. The molecule has 0 radical (unpaired) electrons. The summed E-state index contributed by atoms with van der Waals surface area (Å²) >= 11 is 0. The van der Waals surface area contributed by atoms with Crippen molar-refractivity contribution in [1.82, 2.24) is 14.9 Å². The maximum Gasteiger partial charge on any atom is 0.332 e. The number of carbonyl (C=O) groups is 1. The fourth-order valence-electron chi connectivity index (χ4n) is 4.58. The van der Waals surface area contributed by atoms with Gasteiger partial charge in [-0.2, -0.15) is 5.10 Å². The Morgan fingerprint density at radius 2 is 1.76 bits per heavy atom. The Morgan fingerprint density at radius 1 is 1.03 bits per heavy atom. The molecule has 0 spiro atoms. The number of anilines is 1. The number of nitrogens with zero attached hydrogens (tertiary/aromatic N) is 1. The first-order valence-electron chi connectivity index (χ1n) is 9.88. The molecule has 0 saturated carbocycles. The van der Waals surface area contributed by atoms with Crippen molar-refractivity contribution in [2.75, 3.05) is 5.32 Å². The first-order chi connectivity index (χ1) is 14.0. The fourth-order valence-corrected chi connectivity index (χ4v) is 5.61. The Bertz CT molecular complexity index is 1200. The number of aromatic nitrogens is 2. The third-order valence-corrected chi connectivity index (χ3v) is 7.03. The Kier molecular flexibility index (Phi) is 4.31. The average Bonchev–Trinajstić information content (AvgIpc) is 3.40. The number of aryl methyl sites for hydroxylation is 2. The lowest BCUT2D eigenvalue weighted by molar-refractivity contribution is 0.256. The van der Waals surface area contributed by atoms with E-state index in [9.17, 15) is 13.2 Å². The summed E-state index contributed by atoms with van der Waals surface area (Å²) in [4.78, 5) is 12.6. The number of amides is 2. The summed E-state index contributed by atoms with van der Waals surface area (Å²) < 4.78 is 27.3. The minimum Gasteiger partial charge on any atom is -0.307 e. The van der Waals surface area contributed by atoms with Gasteiger partial charge in [-0.05, 0) is 78.5 Å². The van der Waals surface area contributed by atoms with Crippen LogP contribution in [0.15, 0.2) is 30.5 Å². The van der Waals surface area contributed by atoms with Gasteiger partial charge >= 0.3 is 6.03 Å². The molecular formula is C21H22N4O3S. The van der Waals surface area contributed by atoms with Crippen LogP contribution in [0.25, 0.3) is 10.9 Å². The first kappa shape index (κ1) is 18.2. The zero-order chi connectivity index (χ0) is 20.0. The third-order valence-electron chi connectivity index (χ3n) is 5.82. The standard InChI is InChI=1S/C21H22N4O3S/c26-21(23-20-17-5-1-3-14(17)10-15-4-2-6-18(15)20)25-29(27,28)12-13-7-8-19-16(9-13)11-22-24-19/h7-11H,1-6,12H2,(H,22,24)(H2,23,25,26). The molecule has 0 atom stereocenters. The van der Waals surface area contributed by atoms with Crippen molar-refractivity contribution in [3.63, 3.8) is 0 Å². The lowest BCUT2D eigenvalue weighted by atomic mass is 9.99. The number of hydrogen-bond acceptors (Lipinski definition) is 4. The van der Waals surface area contributed by atoms with Gasteiger partial charge in [-0.15, -0.1) is 0 Å². The van der Waals surface area contributed by atoms with Crippen molar-refractivity contribution in [1.29, 1.82) is 0 Å². The van der Waals surface area contributed by atoms with Crippen molar-refractivity contribution in [2.45, 2.75) is 44.3 Å². The molecule has 2 amide bonds. The van der Waals surface area contributed by atoms with E-state index in [0.29, 0.717) is 5.56 Å². The van der Waals surface area contributed by atoms with Crippen LogP contribution in [0.1, 0.15) is 40.7 Å². The third kappa shape index (κ3) is 3.48. The Labute approximate surface area is 168 Å². The summed E-state index contributed by atoms with van der Waals surface area (Å²) in [6.07, 6.45) is 7.68. The largest absolute Gasteiger partial charge is 0.332 e. The minimum absolute atomic E-state index is 0.271. The number of sulfonamides is 1. The minimum atomic E-state index is -3.83. The van der Waals surface area contributed by atoms with Gasteiger partial charge in [-0.1, -0.05) is 12.1 Å². The van der Waals surface area contributed by atoms with E-state index in [1.807, 2.05) is 0 Å². The Hall–Kier alpha value is -2.87. The van der Waals surface area contributed by atoms with Gasteiger partial charge in [0.1, 0.15) is 0 Å². The van der Waals surface area contributed by atoms with Gasteiger partial charge in [0.2, 0.25) is 10.0 Å². The number of aromatic amines is 1. The molecule has 2 aromatic carbocycles. The number of fused-ring (bicyclic) bond motifs is 3. The smallest absolute Gasteiger partial charge is 0.307 e. The topological polar surface area (TPSA) is 104 Å². The lowest BCUT2D eigenvalue weighted by Gasteiger charge is -2.16. The molecule has 0 aliphatic heterocycles. The van der Waals surface area contributed by atoms with Crippen LogP contribution in [0.4, 0.5) is 10.5 Å². The second-order valence-electron chi connectivity index (χ2n) is 7.84. The van der Waals surface area contributed by atoms with E-state index < -0.39 is 16.1 Å². The number of nitrogens with one attached hydrogen (secondary N) is 3. The predicted octanol–water partition coefficient (Wildman–Crippen LogP) is 3.19. The summed E-state index contributed by atoms with van der Waals surface area (Å²) in [5.41, 5.74) is 7.19. The SMILES string of the molecule is O=C(Nc1c2c(cc3c1CCC3)CCC2)NS(=O)(=O)Cc1ccc2[nH]ncc2c1. The highest BCUT2D eigenvalue weighted by Crippen LogP contribution is 2.38. The molecule has 0 fully saturated rings. The van der Waals surface area contributed by atoms with Crippen LogP contribution in [0.3, 0.4) is 0 Å². The van der Waals surface area contributed by atoms with Crippen LogP contribution in [-0.2, 0) is 41.5 Å². The quantitative estimate of drug-likeness (QED) is 0.614. The zero-order valence-electron chi connectivity index (χ0n) is 15.9. The summed E-state index contributed by atoms with van der Waals surface area (Å²) in [6.45, 7) is 0. The molecule has 8 heteroatoms. The second kappa shape index (κ2) is 6.88. The van der Waals surface area contributed by atoms with Crippen molar-refractivity contribution in [3.8, 4) is 0 Å². The van der Waals surface area contributed by atoms with Gasteiger partial charge in [0, 0.05) is 11.1 Å². The van der Waals surface area contributed by atoms with Crippen LogP contribution < -0.4 is 10.0 Å². The number of H-pyrrole nitrogens is 1. The van der Waals surface area contributed by atoms with Crippen molar-refractivity contribution in [2.24, 2.45) is 0 Å². The zero-order valence-corrected chi connectivity index (χ0v) is 16.7. The van der Waals surface area contributed by atoms with Crippen molar-refractivity contribution in [3.05, 3.63) is 58.3 Å². The molecule has 3 aromatic rings. The van der Waals surface area contributed by atoms with Crippen molar-refractivity contribution >= 4 is 32.6 Å². The number of urea groups is 1. The highest BCUT2D eigenvalue weighted by Gasteiger charge is 2.26. The molecular weight excluding hydrogens is 388 g/mol. The summed E-state index contributed by atoms with van der Waals surface area (Å²) in [5.74, 6) is -0.271. The van der Waals surface area contributed by atoms with E-state index in [4.69, 9.17) is 0 Å². The molecule has 1 aromatic heterocycles. The highest BCUT2D eigenvalue weighted by atomic mass is 32.2. The van der Waals surface area contributed by atoms with Gasteiger partial charge < -0.3 is 5.32 Å². The molecule has 0 unspecified atom stereocenters. The molecule has 5 rings (SSSR count). The maximum absolute atomic E-state index is 12.6. The molecule has 0 saturated heterocycles. The molecule has 0 bridgehead atoms. The van der Waals surface area contributed by atoms with Crippen LogP contribution in [0.2, 0.25) is 0 Å². The van der Waals surface area contributed by atoms with Crippen LogP contribution in [0.5, 0.6) is 0 Å². The lowest BCUT2D eigenvalue weighted by Crippen LogP contribution is -2.35. The first-order valence-corrected chi connectivity index (χ1v) is 11.5. The molecule has 150 valence electrons. The van der Waals surface area contributed by atoms with Gasteiger partial charge in [0.25, 0.3) is 0 Å². The van der Waals surface area contributed by atoms with E-state index in [1.54, 1.807) is 24.4 Å². The van der Waals surface area contributed by atoms with E-state index in [0.717, 1.165) is 55.1 Å². The Morgan fingerprint density at radius 3 is 2.48 bits per heavy atom. The molecule has 3 N–H and O–H groups in total. The van der Waals surface area contributed by atoms with Gasteiger partial charge in [-0.25, -0.2) is 17.9 Å². The van der Waals surface area contributed by atoms with Gasteiger partial charge in [-0.3, -0.25) is 5.10 Å². The summed E-state index contributed by atoms with van der Waals surface area (Å²) in [5, 5.41) is 10.5. The second-order valence-corrected chi connectivity index (χ2v) is 9.56. The number of carbonyl (C=O) groups excluding carboxylic acids is 1. The maximum atomic E-state index is 12.6. The molecule has 7 nitrogen and oxygen atoms in total. The monoisotopic (exact) mass is 410 g/mol. The van der Waals surface area contributed by atoms with E-state index in [1.165, 1.54) is 22.3 Å². The highest BCUT2D eigenvalue weighted by molar-refractivity contribution is 7.89. The summed E-state index contributed by atoms with van der Waals surface area (Å²) in [6, 6.07) is 6.84. The van der Waals surface area contributed by atoms with Crippen molar-refractivity contribution < 1.29 is 13.2 Å². The molecule has 2 aliphatic carbocycles. The number of rotatable bonds is 4. The number of benzene rings is 2. The Balaban J connectivity index is 1.34. The molecule has 2 aliphatic rings. The van der Waals surface area contributed by atoms with Crippen LogP contribution in [0, 0.1) is 0 Å².